The van der Waals surface area contributed by atoms with E-state index >= 15 is 0 Å². The number of H-pyrrole nitrogens is 1. The smallest absolute Gasteiger partial charge is 0.282 e. The summed E-state index contributed by atoms with van der Waals surface area (Å²) in [4.78, 5) is 26.9. The van der Waals surface area contributed by atoms with E-state index < -0.39 is 34.0 Å². The van der Waals surface area contributed by atoms with Crippen LogP contribution in [0.2, 0.25) is 0 Å². The van der Waals surface area contributed by atoms with Crippen LogP contribution in [-0.2, 0) is 10.0 Å². The zero-order valence-electron chi connectivity index (χ0n) is 19.7. The van der Waals surface area contributed by atoms with Gasteiger partial charge in [-0.15, -0.1) is 0 Å². The fourth-order valence-corrected chi connectivity index (χ4v) is 5.33. The normalized spacial score (nSPS) is 12.9. The number of hydrogen-bond donors (Lipinski definition) is 1. The Bertz CT molecular complexity index is 1270. The summed E-state index contributed by atoms with van der Waals surface area (Å²) in [5.74, 6) is -0.656. The number of aromatic nitrogens is 2. The Hall–Kier alpha value is -2.97. The van der Waals surface area contributed by atoms with E-state index in [1.807, 2.05) is 39.8 Å². The number of nitrogens with one attached hydrogen (secondary N) is 1. The molecule has 0 fully saturated rings. The number of hydrogen-bond acceptors (Lipinski definition) is 4. The molecule has 1 N–H and O–H groups in total. The molecule has 8 heteroatoms. The Morgan fingerprint density at radius 2 is 1.64 bits per heavy atom. The van der Waals surface area contributed by atoms with Crippen LogP contribution in [0.3, 0.4) is 0 Å². The highest BCUT2D eigenvalue weighted by atomic mass is 32.2. The number of nitrogens with zero attached hydrogens (tertiary/aromatic N) is 2. The molecule has 0 radical (unpaired) electrons. The molecule has 0 aliphatic heterocycles. The van der Waals surface area contributed by atoms with Gasteiger partial charge in [0.15, 0.2) is 5.78 Å². The Balaban J connectivity index is 2.06. The van der Waals surface area contributed by atoms with E-state index in [4.69, 9.17) is 0 Å². The zero-order valence-corrected chi connectivity index (χ0v) is 20.5. The number of ketones is 1. The second-order valence-electron chi connectivity index (χ2n) is 8.58. The Kier molecular flexibility index (Phi) is 7.39. The SMILES string of the molecule is CC[C@H](C)N(CC(=O)c1c(C(C)C)[nH]n(-c2ccc(C)cc2)c1=O)S(=O)(=O)c1ccccc1. The first kappa shape index (κ1) is 24.7. The third kappa shape index (κ3) is 5.02. The van der Waals surface area contributed by atoms with Crippen molar-refractivity contribution in [3.8, 4) is 5.69 Å². The van der Waals surface area contributed by atoms with Gasteiger partial charge in [0.25, 0.3) is 5.56 Å². The van der Waals surface area contributed by atoms with E-state index in [-0.39, 0.29) is 16.4 Å². The Labute approximate surface area is 195 Å². The van der Waals surface area contributed by atoms with Gasteiger partial charge in [-0.05, 0) is 50.5 Å². The number of aryl methyl sites for hydroxylation is 1. The molecule has 0 unspecified atom stereocenters. The van der Waals surface area contributed by atoms with Gasteiger partial charge >= 0.3 is 0 Å². The minimum Gasteiger partial charge on any atom is -0.294 e. The van der Waals surface area contributed by atoms with Crippen molar-refractivity contribution in [1.29, 1.82) is 0 Å². The lowest BCUT2D eigenvalue weighted by molar-refractivity contribution is 0.0952. The van der Waals surface area contributed by atoms with E-state index in [1.54, 1.807) is 37.3 Å². The van der Waals surface area contributed by atoms with Crippen molar-refractivity contribution in [3.05, 3.63) is 81.8 Å². The second-order valence-corrected chi connectivity index (χ2v) is 10.5. The van der Waals surface area contributed by atoms with Crippen molar-refractivity contribution in [2.24, 2.45) is 0 Å². The van der Waals surface area contributed by atoms with Gasteiger partial charge in [-0.25, -0.2) is 13.1 Å². The number of benzene rings is 2. The number of Topliss-reactive ketones (excluding diaryl/α,β-unsaturated/α-hetero) is 1. The molecular formula is C25H31N3O4S. The topological polar surface area (TPSA) is 92.2 Å². The third-order valence-corrected chi connectivity index (χ3v) is 7.77. The molecular weight excluding hydrogens is 438 g/mol. The van der Waals surface area contributed by atoms with E-state index in [0.29, 0.717) is 17.8 Å². The number of sulfonamides is 1. The van der Waals surface area contributed by atoms with E-state index in [1.165, 1.54) is 21.1 Å². The fraction of sp³-hybridized carbons (Fsp3) is 0.360. The predicted octanol–water partition coefficient (Wildman–Crippen LogP) is 4.27. The van der Waals surface area contributed by atoms with E-state index in [0.717, 1.165) is 5.56 Å². The van der Waals surface area contributed by atoms with E-state index in [9.17, 15) is 18.0 Å². The van der Waals surface area contributed by atoms with Gasteiger partial charge in [0, 0.05) is 6.04 Å². The van der Waals surface area contributed by atoms with Crippen LogP contribution < -0.4 is 5.56 Å². The lowest BCUT2D eigenvalue weighted by atomic mass is 10.0. The van der Waals surface area contributed by atoms with Crippen molar-refractivity contribution in [3.63, 3.8) is 0 Å². The summed E-state index contributed by atoms with van der Waals surface area (Å²) in [5, 5.41) is 3.07. The molecule has 0 saturated carbocycles. The maximum absolute atomic E-state index is 13.5. The molecule has 7 nitrogen and oxygen atoms in total. The van der Waals surface area contributed by atoms with Crippen molar-refractivity contribution >= 4 is 15.8 Å². The molecule has 0 saturated heterocycles. The minimum absolute atomic E-state index is 0.00198. The molecule has 3 aromatic rings. The molecule has 1 heterocycles. The molecule has 0 aliphatic rings. The molecule has 0 spiro atoms. The van der Waals surface area contributed by atoms with Crippen LogP contribution in [0, 0.1) is 6.92 Å². The average molecular weight is 470 g/mol. The summed E-state index contributed by atoms with van der Waals surface area (Å²) >= 11 is 0. The lowest BCUT2D eigenvalue weighted by Gasteiger charge is -2.27. The molecule has 176 valence electrons. The standard InChI is InChI=1S/C25H31N3O4S/c1-6-19(5)27(33(31,32)21-10-8-7-9-11-21)16-22(29)23-24(17(2)3)26-28(25(23)30)20-14-12-18(4)13-15-20/h7-15,17,19,26H,6,16H2,1-5H3/t19-/m0/s1. The van der Waals surface area contributed by atoms with Crippen LogP contribution in [0.5, 0.6) is 0 Å². The first-order chi connectivity index (χ1) is 15.6. The van der Waals surface area contributed by atoms with Gasteiger partial charge in [-0.2, -0.15) is 4.31 Å². The van der Waals surface area contributed by atoms with Crippen molar-refractivity contribution in [2.75, 3.05) is 6.54 Å². The highest BCUT2D eigenvalue weighted by molar-refractivity contribution is 7.89. The lowest BCUT2D eigenvalue weighted by Crippen LogP contribution is -2.42. The monoisotopic (exact) mass is 469 g/mol. The highest BCUT2D eigenvalue weighted by Crippen LogP contribution is 2.22. The number of aromatic amines is 1. The van der Waals surface area contributed by atoms with Crippen LogP contribution in [0.1, 0.15) is 61.6 Å². The van der Waals surface area contributed by atoms with Gasteiger partial charge in [-0.3, -0.25) is 14.7 Å². The molecule has 1 aromatic heterocycles. The molecule has 0 amide bonds. The van der Waals surface area contributed by atoms with Gasteiger partial charge in [0.2, 0.25) is 10.0 Å². The Morgan fingerprint density at radius 1 is 1.03 bits per heavy atom. The molecule has 2 aromatic carbocycles. The average Bonchev–Trinajstić information content (AvgIpc) is 3.15. The van der Waals surface area contributed by atoms with Crippen LogP contribution >= 0.6 is 0 Å². The number of carbonyl (C=O) groups is 1. The zero-order chi connectivity index (χ0) is 24.3. The van der Waals surface area contributed by atoms with Crippen LogP contribution in [-0.4, -0.2) is 40.9 Å². The van der Waals surface area contributed by atoms with Gasteiger partial charge in [-0.1, -0.05) is 56.7 Å². The molecule has 0 aliphatic carbocycles. The molecule has 3 rings (SSSR count). The van der Waals surface area contributed by atoms with Crippen LogP contribution in [0.15, 0.2) is 64.3 Å². The number of carbonyl (C=O) groups excluding carboxylic acids is 1. The Morgan fingerprint density at radius 3 is 2.18 bits per heavy atom. The molecule has 0 bridgehead atoms. The summed E-state index contributed by atoms with van der Waals surface area (Å²) in [6.45, 7) is 8.93. The van der Waals surface area contributed by atoms with Gasteiger partial charge < -0.3 is 0 Å². The number of rotatable bonds is 9. The van der Waals surface area contributed by atoms with Crippen LogP contribution in [0.25, 0.3) is 5.69 Å². The van der Waals surface area contributed by atoms with Crippen LogP contribution in [0.4, 0.5) is 0 Å². The molecule has 33 heavy (non-hydrogen) atoms. The predicted molar refractivity (Wildman–Crippen MR) is 130 cm³/mol. The first-order valence-electron chi connectivity index (χ1n) is 11.1. The summed E-state index contributed by atoms with van der Waals surface area (Å²) in [6.07, 6.45) is 0.525. The van der Waals surface area contributed by atoms with Gasteiger partial charge in [0.05, 0.1) is 22.8 Å². The van der Waals surface area contributed by atoms with E-state index in [2.05, 4.69) is 5.10 Å². The van der Waals surface area contributed by atoms with Gasteiger partial charge in [0.1, 0.15) is 5.56 Å². The maximum atomic E-state index is 13.5. The summed E-state index contributed by atoms with van der Waals surface area (Å²) in [7, 11) is -3.92. The largest absolute Gasteiger partial charge is 0.294 e. The second kappa shape index (κ2) is 9.89. The first-order valence-corrected chi connectivity index (χ1v) is 12.5. The maximum Gasteiger partial charge on any atom is 0.282 e. The van der Waals surface area contributed by atoms with Crippen molar-refractivity contribution in [1.82, 2.24) is 14.1 Å². The molecule has 1 atom stereocenters. The quantitative estimate of drug-likeness (QED) is 0.474. The summed E-state index contributed by atoms with van der Waals surface area (Å²) in [6, 6.07) is 15.0. The summed E-state index contributed by atoms with van der Waals surface area (Å²) in [5.41, 5.74) is 1.68. The van der Waals surface area contributed by atoms with Crippen molar-refractivity contribution in [2.45, 2.75) is 57.9 Å². The summed E-state index contributed by atoms with van der Waals surface area (Å²) < 4.78 is 29.2. The third-order valence-electron chi connectivity index (χ3n) is 5.80. The fourth-order valence-electron chi connectivity index (χ4n) is 3.65. The minimum atomic E-state index is -3.92. The highest BCUT2D eigenvalue weighted by Gasteiger charge is 2.33. The van der Waals surface area contributed by atoms with Crippen molar-refractivity contribution < 1.29 is 13.2 Å².